The molecule has 3 heterocycles. The third-order valence-electron chi connectivity index (χ3n) is 4.53. The number of hydrogen-bond donors (Lipinski definition) is 1. The summed E-state index contributed by atoms with van der Waals surface area (Å²) in [6.07, 6.45) is 5.80. The molecule has 1 aliphatic rings. The standard InChI is InChI=1S/C18H21N5O2/c24-13-15-10-23(21-20-15)16-7-4-8-22(11-16)12-17-9-19-18(25-17)14-5-2-1-3-6-14/h1-3,5-6,9-10,16,24H,4,7-8,11-13H2. The van der Waals surface area contributed by atoms with Crippen LogP contribution in [0.1, 0.15) is 30.3 Å². The van der Waals surface area contributed by atoms with Crippen LogP contribution in [0.2, 0.25) is 0 Å². The molecule has 3 aromatic rings. The summed E-state index contributed by atoms with van der Waals surface area (Å²) in [5.74, 6) is 1.53. The maximum Gasteiger partial charge on any atom is 0.226 e. The number of hydrogen-bond acceptors (Lipinski definition) is 6. The molecule has 4 rings (SSSR count). The van der Waals surface area contributed by atoms with E-state index < -0.39 is 0 Å². The van der Waals surface area contributed by atoms with Gasteiger partial charge in [-0.25, -0.2) is 9.67 Å². The van der Waals surface area contributed by atoms with Crippen LogP contribution < -0.4 is 0 Å². The van der Waals surface area contributed by atoms with Gasteiger partial charge in [0.05, 0.1) is 31.6 Å². The second-order valence-corrected chi connectivity index (χ2v) is 6.38. The summed E-state index contributed by atoms with van der Waals surface area (Å²) in [6, 6.07) is 10.2. The molecule has 2 aromatic heterocycles. The minimum Gasteiger partial charge on any atom is -0.440 e. The fraction of sp³-hybridized carbons (Fsp3) is 0.389. The first-order valence-electron chi connectivity index (χ1n) is 8.56. The van der Waals surface area contributed by atoms with Gasteiger partial charge in [-0.05, 0) is 31.5 Å². The van der Waals surface area contributed by atoms with Crippen molar-refractivity contribution in [2.24, 2.45) is 0 Å². The smallest absolute Gasteiger partial charge is 0.226 e. The minimum absolute atomic E-state index is 0.0727. The highest BCUT2D eigenvalue weighted by molar-refractivity contribution is 5.52. The highest BCUT2D eigenvalue weighted by Crippen LogP contribution is 2.24. The van der Waals surface area contributed by atoms with Crippen LogP contribution in [0.5, 0.6) is 0 Å². The van der Waals surface area contributed by atoms with Crippen molar-refractivity contribution in [1.82, 2.24) is 24.9 Å². The lowest BCUT2D eigenvalue weighted by molar-refractivity contribution is 0.152. The van der Waals surface area contributed by atoms with Gasteiger partial charge in [-0.1, -0.05) is 23.4 Å². The maximum atomic E-state index is 9.15. The Labute approximate surface area is 145 Å². The summed E-state index contributed by atoms with van der Waals surface area (Å²) in [6.45, 7) is 2.57. The molecule has 130 valence electrons. The molecular weight excluding hydrogens is 318 g/mol. The molecule has 0 bridgehead atoms. The third kappa shape index (κ3) is 3.62. The lowest BCUT2D eigenvalue weighted by atomic mass is 10.1. The largest absolute Gasteiger partial charge is 0.440 e. The Morgan fingerprint density at radius 1 is 1.24 bits per heavy atom. The van der Waals surface area contributed by atoms with Crippen molar-refractivity contribution in [3.8, 4) is 11.5 Å². The van der Waals surface area contributed by atoms with Gasteiger partial charge in [0.25, 0.3) is 0 Å². The number of piperidine rings is 1. The molecule has 7 nitrogen and oxygen atoms in total. The van der Waals surface area contributed by atoms with Gasteiger partial charge in [-0.3, -0.25) is 4.90 Å². The summed E-state index contributed by atoms with van der Waals surface area (Å²) in [7, 11) is 0. The molecule has 1 fully saturated rings. The summed E-state index contributed by atoms with van der Waals surface area (Å²) < 4.78 is 7.78. The number of nitrogens with zero attached hydrogens (tertiary/aromatic N) is 5. The minimum atomic E-state index is -0.0727. The predicted octanol–water partition coefficient (Wildman–Crippen LogP) is 2.26. The normalized spacial score (nSPS) is 18.5. The molecular formula is C18H21N5O2. The van der Waals surface area contributed by atoms with E-state index in [-0.39, 0.29) is 12.6 Å². The molecule has 25 heavy (non-hydrogen) atoms. The average Bonchev–Trinajstić information content (AvgIpc) is 3.32. The highest BCUT2D eigenvalue weighted by atomic mass is 16.4. The van der Waals surface area contributed by atoms with Crippen molar-refractivity contribution in [3.05, 3.63) is 54.2 Å². The van der Waals surface area contributed by atoms with E-state index in [9.17, 15) is 0 Å². The fourth-order valence-electron chi connectivity index (χ4n) is 3.27. The van der Waals surface area contributed by atoms with E-state index in [1.54, 1.807) is 0 Å². The molecule has 1 atom stereocenters. The van der Waals surface area contributed by atoms with Gasteiger partial charge in [-0.2, -0.15) is 0 Å². The first-order chi connectivity index (χ1) is 12.3. The van der Waals surface area contributed by atoms with Gasteiger partial charge in [0, 0.05) is 12.1 Å². The molecule has 0 spiro atoms. The number of rotatable bonds is 5. The monoisotopic (exact) mass is 339 g/mol. The van der Waals surface area contributed by atoms with E-state index >= 15 is 0 Å². The van der Waals surface area contributed by atoms with Crippen LogP contribution in [0.4, 0.5) is 0 Å². The van der Waals surface area contributed by atoms with Crippen molar-refractivity contribution in [2.75, 3.05) is 13.1 Å². The SMILES string of the molecule is OCc1cn(C2CCCN(Cc3cnc(-c4ccccc4)o3)C2)nn1. The zero-order chi connectivity index (χ0) is 17.1. The predicted molar refractivity (Wildman–Crippen MR) is 91.4 cm³/mol. The zero-order valence-electron chi connectivity index (χ0n) is 14.0. The van der Waals surface area contributed by atoms with Crippen molar-refractivity contribution >= 4 is 0 Å². The molecule has 0 amide bonds. The number of benzene rings is 1. The third-order valence-corrected chi connectivity index (χ3v) is 4.53. The second-order valence-electron chi connectivity index (χ2n) is 6.38. The van der Waals surface area contributed by atoms with Crippen LogP contribution in [0.15, 0.2) is 47.1 Å². The van der Waals surface area contributed by atoms with Gasteiger partial charge in [0.1, 0.15) is 11.5 Å². The molecule has 1 unspecified atom stereocenters. The molecule has 7 heteroatoms. The fourth-order valence-corrected chi connectivity index (χ4v) is 3.27. The van der Waals surface area contributed by atoms with E-state index in [4.69, 9.17) is 9.52 Å². The number of aromatic nitrogens is 4. The Hall–Kier alpha value is -2.51. The van der Waals surface area contributed by atoms with Crippen LogP contribution in [0.25, 0.3) is 11.5 Å². The topological polar surface area (TPSA) is 80.2 Å². The summed E-state index contributed by atoms with van der Waals surface area (Å²) in [5, 5.41) is 17.3. The summed E-state index contributed by atoms with van der Waals surface area (Å²) >= 11 is 0. The summed E-state index contributed by atoms with van der Waals surface area (Å²) in [5.41, 5.74) is 1.60. The first-order valence-corrected chi connectivity index (χ1v) is 8.56. The number of likely N-dealkylation sites (tertiary alicyclic amines) is 1. The lowest BCUT2D eigenvalue weighted by Gasteiger charge is -2.31. The average molecular weight is 339 g/mol. The van der Waals surface area contributed by atoms with Crippen LogP contribution in [0, 0.1) is 0 Å². The number of oxazole rings is 1. The molecule has 0 saturated carbocycles. The zero-order valence-corrected chi connectivity index (χ0v) is 14.0. The van der Waals surface area contributed by atoms with Crippen molar-refractivity contribution in [2.45, 2.75) is 32.0 Å². The van der Waals surface area contributed by atoms with Gasteiger partial charge in [0.15, 0.2) is 0 Å². The molecule has 1 aromatic carbocycles. The summed E-state index contributed by atoms with van der Waals surface area (Å²) in [4.78, 5) is 6.75. The van der Waals surface area contributed by atoms with Crippen LogP contribution in [0.3, 0.4) is 0 Å². The van der Waals surface area contributed by atoms with Crippen LogP contribution in [-0.2, 0) is 13.2 Å². The van der Waals surface area contributed by atoms with E-state index in [1.807, 2.05) is 47.4 Å². The second kappa shape index (κ2) is 7.16. The number of aliphatic hydroxyl groups excluding tert-OH is 1. The Morgan fingerprint density at radius 3 is 2.92 bits per heavy atom. The van der Waals surface area contributed by atoms with Gasteiger partial charge < -0.3 is 9.52 Å². The molecule has 0 aliphatic carbocycles. The van der Waals surface area contributed by atoms with E-state index in [1.165, 1.54) is 0 Å². The van der Waals surface area contributed by atoms with Crippen LogP contribution >= 0.6 is 0 Å². The molecule has 1 saturated heterocycles. The van der Waals surface area contributed by atoms with Crippen molar-refractivity contribution in [1.29, 1.82) is 0 Å². The molecule has 0 radical (unpaired) electrons. The Balaban J connectivity index is 1.41. The van der Waals surface area contributed by atoms with Gasteiger partial charge in [-0.15, -0.1) is 5.10 Å². The maximum absolute atomic E-state index is 9.15. The number of aliphatic hydroxyl groups is 1. The first kappa shape index (κ1) is 16.0. The van der Waals surface area contributed by atoms with E-state index in [0.717, 1.165) is 43.8 Å². The van der Waals surface area contributed by atoms with Crippen LogP contribution in [-0.4, -0.2) is 43.1 Å². The van der Waals surface area contributed by atoms with Crippen molar-refractivity contribution in [3.63, 3.8) is 0 Å². The van der Waals surface area contributed by atoms with Gasteiger partial charge in [0.2, 0.25) is 5.89 Å². The van der Waals surface area contributed by atoms with E-state index in [2.05, 4.69) is 20.2 Å². The van der Waals surface area contributed by atoms with Crippen molar-refractivity contribution < 1.29 is 9.52 Å². The Morgan fingerprint density at radius 2 is 2.12 bits per heavy atom. The Kier molecular flexibility index (Phi) is 4.58. The highest BCUT2D eigenvalue weighted by Gasteiger charge is 2.23. The lowest BCUT2D eigenvalue weighted by Crippen LogP contribution is -2.36. The quantitative estimate of drug-likeness (QED) is 0.768. The van der Waals surface area contributed by atoms with Gasteiger partial charge >= 0.3 is 0 Å². The Bertz CT molecular complexity index is 814. The van der Waals surface area contributed by atoms with E-state index in [0.29, 0.717) is 11.6 Å². The molecule has 1 aliphatic heterocycles. The molecule has 1 N–H and O–H groups in total.